The lowest BCUT2D eigenvalue weighted by Crippen LogP contribution is -2.18. The van der Waals surface area contributed by atoms with Crippen molar-refractivity contribution in [1.82, 2.24) is 14.1 Å². The van der Waals surface area contributed by atoms with Crippen LogP contribution in [-0.2, 0) is 13.6 Å². The van der Waals surface area contributed by atoms with Crippen LogP contribution in [0.1, 0.15) is 28.8 Å². The second-order valence-corrected chi connectivity index (χ2v) is 6.68. The molecule has 0 saturated heterocycles. The lowest BCUT2D eigenvalue weighted by atomic mass is 10.2. The smallest absolute Gasteiger partial charge is 0.253 e. The van der Waals surface area contributed by atoms with E-state index in [9.17, 15) is 9.59 Å². The molecule has 24 heavy (non-hydrogen) atoms. The zero-order valence-corrected chi connectivity index (χ0v) is 13.8. The lowest BCUT2D eigenvalue weighted by Gasteiger charge is -2.10. The van der Waals surface area contributed by atoms with Crippen LogP contribution >= 0.6 is 0 Å². The van der Waals surface area contributed by atoms with E-state index < -0.39 is 0 Å². The number of nitrogens with zero attached hydrogens (tertiary/aromatic N) is 3. The van der Waals surface area contributed by atoms with Crippen LogP contribution in [-0.4, -0.2) is 20.4 Å². The summed E-state index contributed by atoms with van der Waals surface area (Å²) in [6.45, 7) is 2.75. The third-order valence-electron chi connectivity index (χ3n) is 4.67. The minimum absolute atomic E-state index is 0.00634. The summed E-state index contributed by atoms with van der Waals surface area (Å²) in [6.07, 6.45) is 5.17. The molecule has 1 aromatic carbocycles. The lowest BCUT2D eigenvalue weighted by molar-refractivity contribution is 0.112. The van der Waals surface area contributed by atoms with Crippen LogP contribution in [0.25, 0.3) is 22.4 Å². The number of fused-ring (bicyclic) bond motifs is 1. The van der Waals surface area contributed by atoms with Crippen molar-refractivity contribution in [2.45, 2.75) is 26.3 Å². The zero-order valence-electron chi connectivity index (χ0n) is 13.8. The van der Waals surface area contributed by atoms with Gasteiger partial charge < -0.3 is 9.13 Å². The maximum atomic E-state index is 12.0. The number of aromatic nitrogens is 3. The van der Waals surface area contributed by atoms with Crippen molar-refractivity contribution in [3.63, 3.8) is 0 Å². The van der Waals surface area contributed by atoms with Crippen LogP contribution in [0.5, 0.6) is 0 Å². The first kappa shape index (κ1) is 14.9. The van der Waals surface area contributed by atoms with E-state index in [2.05, 4.69) is 4.57 Å². The van der Waals surface area contributed by atoms with Crippen molar-refractivity contribution in [3.05, 3.63) is 51.9 Å². The maximum Gasteiger partial charge on any atom is 0.253 e. The SMILES string of the molecule is Cc1cc(-c2nc3cc(C=O)ccc3n2CC2CC2)cn(C)c1=O. The maximum absolute atomic E-state index is 12.0. The first-order valence-corrected chi connectivity index (χ1v) is 8.20. The quantitative estimate of drug-likeness (QED) is 0.694. The molecule has 5 nitrogen and oxygen atoms in total. The highest BCUT2D eigenvalue weighted by molar-refractivity contribution is 5.87. The van der Waals surface area contributed by atoms with Crippen LogP contribution in [0.15, 0.2) is 35.3 Å². The Kier molecular flexibility index (Phi) is 3.37. The van der Waals surface area contributed by atoms with E-state index in [-0.39, 0.29) is 5.56 Å². The molecule has 2 heterocycles. The Balaban J connectivity index is 1.95. The molecule has 3 aromatic rings. The fourth-order valence-electron chi connectivity index (χ4n) is 3.18. The molecule has 0 spiro atoms. The summed E-state index contributed by atoms with van der Waals surface area (Å²) < 4.78 is 3.82. The number of hydrogen-bond acceptors (Lipinski definition) is 3. The highest BCUT2D eigenvalue weighted by Crippen LogP contribution is 2.34. The first-order valence-electron chi connectivity index (χ1n) is 8.20. The minimum Gasteiger partial charge on any atom is -0.324 e. The van der Waals surface area contributed by atoms with Crippen molar-refractivity contribution in [1.29, 1.82) is 0 Å². The number of carbonyl (C=O) groups excluding carboxylic acids is 1. The summed E-state index contributed by atoms with van der Waals surface area (Å²) in [5, 5.41) is 0. The Hall–Kier alpha value is -2.69. The number of carbonyl (C=O) groups is 1. The summed E-state index contributed by atoms with van der Waals surface area (Å²) in [4.78, 5) is 27.8. The predicted octanol–water partition coefficient (Wildman–Crippen LogP) is 2.93. The van der Waals surface area contributed by atoms with Crippen LogP contribution < -0.4 is 5.56 Å². The standard InChI is InChI=1S/C19H19N3O2/c1-12-7-15(10-21(2)19(12)24)18-20-16-8-14(11-23)5-6-17(16)22(18)9-13-3-4-13/h5-8,10-11,13H,3-4,9H2,1-2H3. The number of aldehydes is 1. The van der Waals surface area contributed by atoms with Crippen molar-refractivity contribution in [2.75, 3.05) is 0 Å². The molecular weight excluding hydrogens is 302 g/mol. The molecule has 4 rings (SSSR count). The van der Waals surface area contributed by atoms with Gasteiger partial charge in [-0.15, -0.1) is 0 Å². The van der Waals surface area contributed by atoms with E-state index in [4.69, 9.17) is 4.98 Å². The van der Waals surface area contributed by atoms with Gasteiger partial charge in [-0.2, -0.15) is 0 Å². The van der Waals surface area contributed by atoms with E-state index in [0.29, 0.717) is 17.0 Å². The Morgan fingerprint density at radius 2 is 2.08 bits per heavy atom. The van der Waals surface area contributed by atoms with Gasteiger partial charge in [0.05, 0.1) is 11.0 Å². The van der Waals surface area contributed by atoms with Crippen molar-refractivity contribution in [3.8, 4) is 11.4 Å². The molecule has 2 aromatic heterocycles. The molecule has 0 amide bonds. The minimum atomic E-state index is 0.00634. The van der Waals surface area contributed by atoms with Gasteiger partial charge in [0.2, 0.25) is 0 Å². The number of rotatable bonds is 4. The van der Waals surface area contributed by atoms with Gasteiger partial charge in [-0.05, 0) is 49.9 Å². The van der Waals surface area contributed by atoms with Gasteiger partial charge in [0.15, 0.2) is 0 Å². The normalized spacial score (nSPS) is 14.2. The molecule has 1 aliphatic rings. The van der Waals surface area contributed by atoms with E-state index >= 15 is 0 Å². The predicted molar refractivity (Wildman–Crippen MR) is 93.3 cm³/mol. The molecule has 0 bridgehead atoms. The van der Waals surface area contributed by atoms with Gasteiger partial charge in [0.1, 0.15) is 12.1 Å². The fourth-order valence-corrected chi connectivity index (χ4v) is 3.18. The third kappa shape index (κ3) is 2.46. The van der Waals surface area contributed by atoms with Crippen LogP contribution in [0, 0.1) is 12.8 Å². The van der Waals surface area contributed by atoms with Crippen LogP contribution in [0.2, 0.25) is 0 Å². The largest absolute Gasteiger partial charge is 0.324 e. The van der Waals surface area contributed by atoms with Gasteiger partial charge in [0, 0.05) is 36.5 Å². The average molecular weight is 321 g/mol. The number of pyridine rings is 1. The van der Waals surface area contributed by atoms with Gasteiger partial charge >= 0.3 is 0 Å². The molecular formula is C19H19N3O2. The van der Waals surface area contributed by atoms with E-state index in [1.165, 1.54) is 12.8 Å². The molecule has 122 valence electrons. The van der Waals surface area contributed by atoms with E-state index in [0.717, 1.165) is 35.3 Å². The summed E-state index contributed by atoms with van der Waals surface area (Å²) in [5.74, 6) is 1.55. The van der Waals surface area contributed by atoms with Crippen molar-refractivity contribution >= 4 is 17.3 Å². The molecule has 5 heteroatoms. The molecule has 0 atom stereocenters. The Morgan fingerprint density at radius 3 is 2.75 bits per heavy atom. The van der Waals surface area contributed by atoms with E-state index in [1.807, 2.05) is 37.4 Å². The van der Waals surface area contributed by atoms with Gasteiger partial charge in [-0.1, -0.05) is 0 Å². The summed E-state index contributed by atoms with van der Waals surface area (Å²) >= 11 is 0. The summed E-state index contributed by atoms with van der Waals surface area (Å²) in [6, 6.07) is 7.51. The molecule has 1 aliphatic carbocycles. The molecule has 1 saturated carbocycles. The first-order chi connectivity index (χ1) is 11.6. The molecule has 0 aliphatic heterocycles. The third-order valence-corrected chi connectivity index (χ3v) is 4.67. The van der Waals surface area contributed by atoms with Crippen molar-refractivity contribution in [2.24, 2.45) is 13.0 Å². The second kappa shape index (κ2) is 5.44. The summed E-state index contributed by atoms with van der Waals surface area (Å²) in [7, 11) is 1.76. The Bertz CT molecular complexity index is 983. The topological polar surface area (TPSA) is 56.9 Å². The van der Waals surface area contributed by atoms with Crippen LogP contribution in [0.3, 0.4) is 0 Å². The van der Waals surface area contributed by atoms with Gasteiger partial charge in [-0.25, -0.2) is 4.98 Å². The van der Waals surface area contributed by atoms with Crippen LogP contribution in [0.4, 0.5) is 0 Å². The average Bonchev–Trinajstić information content (AvgIpc) is 3.32. The number of hydrogen-bond donors (Lipinski definition) is 0. The number of benzene rings is 1. The number of imidazole rings is 1. The second-order valence-electron chi connectivity index (χ2n) is 6.68. The highest BCUT2D eigenvalue weighted by atomic mass is 16.1. The van der Waals surface area contributed by atoms with E-state index in [1.54, 1.807) is 11.6 Å². The molecule has 0 unspecified atom stereocenters. The Labute approximate surface area is 139 Å². The molecule has 0 N–H and O–H groups in total. The zero-order chi connectivity index (χ0) is 16.8. The molecule has 0 radical (unpaired) electrons. The fraction of sp³-hybridized carbons (Fsp3) is 0.316. The van der Waals surface area contributed by atoms with Gasteiger partial charge in [0.25, 0.3) is 5.56 Å². The van der Waals surface area contributed by atoms with Gasteiger partial charge in [-0.3, -0.25) is 9.59 Å². The number of aryl methyl sites for hydroxylation is 2. The molecule has 1 fully saturated rings. The van der Waals surface area contributed by atoms with Crippen molar-refractivity contribution < 1.29 is 4.79 Å². The Morgan fingerprint density at radius 1 is 1.29 bits per heavy atom. The highest BCUT2D eigenvalue weighted by Gasteiger charge is 2.25. The summed E-state index contributed by atoms with van der Waals surface area (Å²) in [5.41, 5.74) is 4.12. The monoisotopic (exact) mass is 321 g/mol.